The average molecular weight is 357 g/mol. The third-order valence-electron chi connectivity index (χ3n) is 3.79. The summed E-state index contributed by atoms with van der Waals surface area (Å²) >= 11 is 3.34. The lowest BCUT2D eigenvalue weighted by atomic mass is 10.1. The molecule has 0 bridgehead atoms. The number of carbonyl (C=O) groups is 1. The molecule has 1 amide bonds. The average Bonchev–Trinajstić information content (AvgIpc) is 2.98. The molecule has 0 aliphatic heterocycles. The number of amides is 1. The second kappa shape index (κ2) is 7.36. The van der Waals surface area contributed by atoms with Gasteiger partial charge < -0.3 is 5.32 Å². The molecule has 1 aromatic heterocycles. The van der Waals surface area contributed by atoms with Crippen molar-refractivity contribution in [3.63, 3.8) is 0 Å². The molecule has 3 nitrogen and oxygen atoms in total. The van der Waals surface area contributed by atoms with Gasteiger partial charge in [-0.2, -0.15) is 0 Å². The van der Waals surface area contributed by atoms with Crippen LogP contribution in [0.4, 0.5) is 5.13 Å². The highest BCUT2D eigenvalue weighted by Gasteiger charge is 2.11. The van der Waals surface area contributed by atoms with Crippen LogP contribution < -0.4 is 5.32 Å². The van der Waals surface area contributed by atoms with Crippen molar-refractivity contribution in [1.82, 2.24) is 4.98 Å². The van der Waals surface area contributed by atoms with E-state index < -0.39 is 0 Å². The van der Waals surface area contributed by atoms with Gasteiger partial charge in [-0.05, 0) is 48.4 Å². The number of hydrogen-bond donors (Lipinski definition) is 1. The number of rotatable bonds is 5. The second-order valence-electron chi connectivity index (χ2n) is 5.70. The van der Waals surface area contributed by atoms with Gasteiger partial charge in [-0.15, -0.1) is 11.8 Å². The molecular weight excluding hydrogens is 336 g/mol. The third-order valence-corrected chi connectivity index (χ3v) is 5.79. The Bertz CT molecular complexity index is 830. The molecule has 3 aromatic rings. The molecule has 3 rings (SSSR count). The van der Waals surface area contributed by atoms with Crippen LogP contribution in [0.2, 0.25) is 0 Å². The molecule has 0 fully saturated rings. The normalized spacial score (nSPS) is 11.0. The van der Waals surface area contributed by atoms with E-state index in [0.717, 1.165) is 27.1 Å². The zero-order chi connectivity index (χ0) is 17.1. The summed E-state index contributed by atoms with van der Waals surface area (Å²) in [6.45, 7) is 6.25. The third kappa shape index (κ3) is 3.79. The molecule has 0 spiro atoms. The molecule has 0 unspecified atom stereocenters. The lowest BCUT2D eigenvalue weighted by Crippen LogP contribution is -2.14. The maximum atomic E-state index is 12.3. The van der Waals surface area contributed by atoms with Gasteiger partial charge in [0.1, 0.15) is 0 Å². The van der Waals surface area contributed by atoms with E-state index in [1.54, 1.807) is 11.8 Å². The minimum Gasteiger partial charge on any atom is -0.302 e. The van der Waals surface area contributed by atoms with Crippen LogP contribution in [-0.4, -0.2) is 16.6 Å². The largest absolute Gasteiger partial charge is 0.302 e. The molecule has 0 aliphatic carbocycles. The van der Waals surface area contributed by atoms with E-state index in [2.05, 4.69) is 48.4 Å². The van der Waals surface area contributed by atoms with Gasteiger partial charge in [-0.1, -0.05) is 42.5 Å². The van der Waals surface area contributed by atoms with Crippen LogP contribution in [0.1, 0.15) is 23.6 Å². The molecule has 124 valence electrons. The van der Waals surface area contributed by atoms with Gasteiger partial charge in [0.05, 0.1) is 16.6 Å². The number of nitrogens with one attached hydrogen (secondary N) is 1. The van der Waals surface area contributed by atoms with E-state index in [0.29, 0.717) is 11.6 Å². The van der Waals surface area contributed by atoms with E-state index in [1.165, 1.54) is 21.8 Å². The van der Waals surface area contributed by atoms with Crippen molar-refractivity contribution in [2.45, 2.75) is 32.1 Å². The quantitative estimate of drug-likeness (QED) is 0.638. The molecule has 0 radical (unpaired) electrons. The SMILES string of the molecule is CCSc1ccc(CC(=O)Nc2nc3c(C)ccc(C)c3s2)cc1. The number of thioether (sulfide) groups is 1. The summed E-state index contributed by atoms with van der Waals surface area (Å²) < 4.78 is 1.14. The Hall–Kier alpha value is -1.85. The number of nitrogens with zero attached hydrogens (tertiary/aromatic N) is 1. The summed E-state index contributed by atoms with van der Waals surface area (Å²) in [5, 5.41) is 3.61. The van der Waals surface area contributed by atoms with Gasteiger partial charge in [-0.25, -0.2) is 4.98 Å². The Morgan fingerprint density at radius 2 is 1.83 bits per heavy atom. The molecule has 24 heavy (non-hydrogen) atoms. The first kappa shape index (κ1) is 17.0. The van der Waals surface area contributed by atoms with E-state index in [9.17, 15) is 4.79 Å². The molecule has 5 heteroatoms. The fraction of sp³-hybridized carbons (Fsp3) is 0.263. The number of benzene rings is 2. The summed E-state index contributed by atoms with van der Waals surface area (Å²) in [7, 11) is 0. The first-order valence-electron chi connectivity index (χ1n) is 7.95. The lowest BCUT2D eigenvalue weighted by molar-refractivity contribution is -0.115. The van der Waals surface area contributed by atoms with Crippen molar-refractivity contribution < 1.29 is 4.79 Å². The van der Waals surface area contributed by atoms with E-state index in [4.69, 9.17) is 0 Å². The highest BCUT2D eigenvalue weighted by Crippen LogP contribution is 2.30. The number of thiazole rings is 1. The van der Waals surface area contributed by atoms with Crippen LogP contribution >= 0.6 is 23.1 Å². The number of aryl methyl sites for hydroxylation is 2. The molecule has 0 atom stereocenters. The number of carbonyl (C=O) groups excluding carboxylic acids is 1. The molecule has 0 saturated carbocycles. The first-order valence-corrected chi connectivity index (χ1v) is 9.75. The topological polar surface area (TPSA) is 42.0 Å². The zero-order valence-corrected chi connectivity index (χ0v) is 15.7. The van der Waals surface area contributed by atoms with Crippen molar-refractivity contribution in [3.05, 3.63) is 53.1 Å². The Balaban J connectivity index is 1.70. The summed E-state index contributed by atoms with van der Waals surface area (Å²) in [5.41, 5.74) is 4.33. The van der Waals surface area contributed by atoms with Gasteiger partial charge in [0.15, 0.2) is 5.13 Å². The van der Waals surface area contributed by atoms with Crippen molar-refractivity contribution in [2.24, 2.45) is 0 Å². The van der Waals surface area contributed by atoms with Crippen molar-refractivity contribution in [3.8, 4) is 0 Å². The van der Waals surface area contributed by atoms with Gasteiger partial charge >= 0.3 is 0 Å². The van der Waals surface area contributed by atoms with Crippen LogP contribution in [0.25, 0.3) is 10.2 Å². The summed E-state index contributed by atoms with van der Waals surface area (Å²) in [6, 6.07) is 12.3. The first-order chi connectivity index (χ1) is 11.6. The Labute approximate surface area is 150 Å². The molecule has 1 N–H and O–H groups in total. The highest BCUT2D eigenvalue weighted by atomic mass is 32.2. The minimum absolute atomic E-state index is 0.0275. The van der Waals surface area contributed by atoms with E-state index in [1.807, 2.05) is 19.1 Å². The fourth-order valence-electron chi connectivity index (χ4n) is 2.53. The van der Waals surface area contributed by atoms with E-state index >= 15 is 0 Å². The van der Waals surface area contributed by atoms with Crippen LogP contribution in [0, 0.1) is 13.8 Å². The highest BCUT2D eigenvalue weighted by molar-refractivity contribution is 7.99. The fourth-order valence-corrected chi connectivity index (χ4v) is 4.22. The molecule has 0 saturated heterocycles. The lowest BCUT2D eigenvalue weighted by Gasteiger charge is -2.03. The predicted molar refractivity (Wildman–Crippen MR) is 104 cm³/mol. The Morgan fingerprint density at radius 3 is 2.50 bits per heavy atom. The number of hydrogen-bond acceptors (Lipinski definition) is 4. The monoisotopic (exact) mass is 356 g/mol. The number of fused-ring (bicyclic) bond motifs is 1. The van der Waals surface area contributed by atoms with Crippen LogP contribution in [0.3, 0.4) is 0 Å². The number of aromatic nitrogens is 1. The second-order valence-corrected chi connectivity index (χ2v) is 8.03. The summed E-state index contributed by atoms with van der Waals surface area (Å²) in [5.74, 6) is 1.02. The summed E-state index contributed by atoms with van der Waals surface area (Å²) in [6.07, 6.45) is 0.366. The maximum absolute atomic E-state index is 12.3. The van der Waals surface area contributed by atoms with E-state index in [-0.39, 0.29) is 5.91 Å². The van der Waals surface area contributed by atoms with Gasteiger partial charge in [0.25, 0.3) is 0 Å². The molecule has 2 aromatic carbocycles. The maximum Gasteiger partial charge on any atom is 0.230 e. The molecular formula is C19H20N2OS2. The van der Waals surface area contributed by atoms with Gasteiger partial charge in [0, 0.05) is 4.90 Å². The number of anilines is 1. The molecule has 0 aliphatic rings. The standard InChI is InChI=1S/C19H20N2OS2/c1-4-23-15-9-7-14(8-10-15)11-16(22)20-19-21-17-12(2)5-6-13(3)18(17)24-19/h5-10H,4,11H2,1-3H3,(H,20,21,22). The van der Waals surface area contributed by atoms with Crippen molar-refractivity contribution in [1.29, 1.82) is 0 Å². The molecule has 1 heterocycles. The predicted octanol–water partition coefficient (Wildman–Crippen LogP) is 5.21. The smallest absolute Gasteiger partial charge is 0.230 e. The van der Waals surface area contributed by atoms with Crippen molar-refractivity contribution >= 4 is 44.4 Å². The van der Waals surface area contributed by atoms with Gasteiger partial charge in [0.2, 0.25) is 5.91 Å². The van der Waals surface area contributed by atoms with Crippen LogP contribution in [0.15, 0.2) is 41.3 Å². The summed E-state index contributed by atoms with van der Waals surface area (Å²) in [4.78, 5) is 18.1. The Kier molecular flexibility index (Phi) is 5.21. The zero-order valence-electron chi connectivity index (χ0n) is 14.1. The minimum atomic E-state index is -0.0275. The van der Waals surface area contributed by atoms with Crippen LogP contribution in [0.5, 0.6) is 0 Å². The van der Waals surface area contributed by atoms with Crippen LogP contribution in [-0.2, 0) is 11.2 Å². The van der Waals surface area contributed by atoms with Crippen molar-refractivity contribution in [2.75, 3.05) is 11.1 Å². The van der Waals surface area contributed by atoms with Gasteiger partial charge in [-0.3, -0.25) is 4.79 Å². The Morgan fingerprint density at radius 1 is 1.12 bits per heavy atom.